The Bertz CT molecular complexity index is 1500. The molecule has 0 saturated carbocycles. The van der Waals surface area contributed by atoms with Gasteiger partial charge in [-0.2, -0.15) is 0 Å². The number of carbonyl (C=O) groups is 2. The number of aryl methyl sites for hydroxylation is 2. The predicted octanol–water partition coefficient (Wildman–Crippen LogP) is 5.79. The predicted molar refractivity (Wildman–Crippen MR) is 166 cm³/mol. The van der Waals surface area contributed by atoms with Gasteiger partial charge < -0.3 is 15.0 Å². The first-order chi connectivity index (χ1) is 20.8. The number of likely N-dealkylation sites (tertiary alicyclic amines) is 1. The minimum atomic E-state index is -1.01. The normalized spacial score (nSPS) is 20.6. The first-order valence-corrected chi connectivity index (χ1v) is 15.6. The fourth-order valence-corrected chi connectivity index (χ4v) is 6.45. The number of rotatable bonds is 6. The second-order valence-corrected chi connectivity index (χ2v) is 12.1. The zero-order valence-electron chi connectivity index (χ0n) is 24.9. The van der Waals surface area contributed by atoms with E-state index in [2.05, 4.69) is 30.4 Å². The number of nitrogens with one attached hydrogen (secondary N) is 1. The van der Waals surface area contributed by atoms with Gasteiger partial charge in [0.25, 0.3) is 5.56 Å². The van der Waals surface area contributed by atoms with E-state index in [4.69, 9.17) is 0 Å². The Kier molecular flexibility index (Phi) is 10.1. The highest BCUT2D eigenvalue weighted by atomic mass is 19.1. The van der Waals surface area contributed by atoms with Gasteiger partial charge in [0.15, 0.2) is 0 Å². The molecule has 1 amide bonds. The largest absolute Gasteiger partial charge is 0.481 e. The van der Waals surface area contributed by atoms with Crippen LogP contribution >= 0.6 is 0 Å². The van der Waals surface area contributed by atoms with E-state index < -0.39 is 24.2 Å². The van der Waals surface area contributed by atoms with Crippen LogP contribution in [0.25, 0.3) is 11.1 Å². The van der Waals surface area contributed by atoms with Gasteiger partial charge in [0.05, 0.1) is 12.5 Å². The molecule has 228 valence electrons. The van der Waals surface area contributed by atoms with Gasteiger partial charge in [-0.1, -0.05) is 68.1 Å². The third-order valence-electron chi connectivity index (χ3n) is 8.82. The van der Waals surface area contributed by atoms with Crippen LogP contribution in [0, 0.1) is 6.92 Å². The number of aromatic nitrogens is 1. The van der Waals surface area contributed by atoms with Gasteiger partial charge in [0.2, 0.25) is 5.91 Å². The lowest BCUT2D eigenvalue weighted by Gasteiger charge is -2.34. The van der Waals surface area contributed by atoms with Gasteiger partial charge in [-0.3, -0.25) is 19.3 Å². The Labute approximate surface area is 252 Å². The molecule has 0 spiro atoms. The number of halogens is 1. The lowest BCUT2D eigenvalue weighted by Crippen LogP contribution is -2.49. The van der Waals surface area contributed by atoms with Crippen LogP contribution in [0.3, 0.4) is 0 Å². The smallest absolute Gasteiger partial charge is 0.305 e. The molecular formula is C35H42FN3O4. The summed E-state index contributed by atoms with van der Waals surface area (Å²) in [5.74, 6) is -1.37. The van der Waals surface area contributed by atoms with Crippen molar-refractivity contribution in [3.8, 4) is 11.1 Å². The van der Waals surface area contributed by atoms with Gasteiger partial charge in [0, 0.05) is 31.9 Å². The topological polar surface area (TPSA) is 91.6 Å². The maximum Gasteiger partial charge on any atom is 0.305 e. The molecule has 3 aromatic rings. The van der Waals surface area contributed by atoms with Crippen LogP contribution in [0.2, 0.25) is 0 Å². The zero-order valence-corrected chi connectivity index (χ0v) is 24.9. The molecule has 8 heteroatoms. The molecule has 2 aliphatic heterocycles. The first kappa shape index (κ1) is 30.7. The van der Waals surface area contributed by atoms with Gasteiger partial charge in [-0.15, -0.1) is 0 Å². The quantitative estimate of drug-likeness (QED) is 0.381. The average molecular weight is 588 g/mol. The summed E-state index contributed by atoms with van der Waals surface area (Å²) in [5, 5.41) is 12.8. The summed E-state index contributed by atoms with van der Waals surface area (Å²) in [5.41, 5.74) is 5.96. The van der Waals surface area contributed by atoms with Gasteiger partial charge in [0.1, 0.15) is 12.2 Å². The summed E-state index contributed by atoms with van der Waals surface area (Å²) in [6.07, 6.45) is 7.69. The molecule has 7 nitrogen and oxygen atoms in total. The molecule has 2 aliphatic rings. The van der Waals surface area contributed by atoms with Crippen LogP contribution in [-0.4, -0.2) is 52.3 Å². The lowest BCUT2D eigenvalue weighted by molar-refractivity contribution is -0.138. The van der Waals surface area contributed by atoms with Crippen molar-refractivity contribution in [1.82, 2.24) is 14.8 Å². The lowest BCUT2D eigenvalue weighted by atomic mass is 9.89. The van der Waals surface area contributed by atoms with Crippen molar-refractivity contribution in [2.75, 3.05) is 19.6 Å². The van der Waals surface area contributed by atoms with Crippen molar-refractivity contribution < 1.29 is 19.1 Å². The van der Waals surface area contributed by atoms with Crippen molar-refractivity contribution in [2.45, 2.75) is 83.0 Å². The van der Waals surface area contributed by atoms with E-state index in [9.17, 15) is 23.9 Å². The molecule has 1 aromatic heterocycles. The summed E-state index contributed by atoms with van der Waals surface area (Å²) >= 11 is 0. The molecule has 3 heterocycles. The van der Waals surface area contributed by atoms with Crippen molar-refractivity contribution in [3.05, 3.63) is 93.4 Å². The van der Waals surface area contributed by atoms with Crippen molar-refractivity contribution in [1.29, 1.82) is 0 Å². The Morgan fingerprint density at radius 1 is 1.00 bits per heavy atom. The molecule has 2 atom stereocenters. The molecule has 2 bridgehead atoms. The van der Waals surface area contributed by atoms with E-state index in [0.717, 1.165) is 60.8 Å². The number of carbonyl (C=O) groups excluding carboxylic acids is 1. The second-order valence-electron chi connectivity index (χ2n) is 12.1. The summed E-state index contributed by atoms with van der Waals surface area (Å²) in [4.78, 5) is 41.1. The molecule has 2 N–H and O–H groups in total. The Morgan fingerprint density at radius 3 is 2.56 bits per heavy atom. The number of aliphatic carboxylic acids is 1. The zero-order chi connectivity index (χ0) is 30.3. The number of amides is 1. The Balaban J connectivity index is 1.47. The number of hydrogen-bond acceptors (Lipinski definition) is 4. The average Bonchev–Trinajstić information content (AvgIpc) is 2.96. The number of carboxylic acid groups (broad SMARTS) is 1. The van der Waals surface area contributed by atoms with Gasteiger partial charge in [-0.05, 0) is 72.1 Å². The summed E-state index contributed by atoms with van der Waals surface area (Å²) < 4.78 is 14.8. The van der Waals surface area contributed by atoms with Gasteiger partial charge in [-0.25, -0.2) is 4.39 Å². The summed E-state index contributed by atoms with van der Waals surface area (Å²) in [7, 11) is 0. The van der Waals surface area contributed by atoms with Gasteiger partial charge >= 0.3 is 5.97 Å². The first-order valence-electron chi connectivity index (χ1n) is 15.6. The Hall–Kier alpha value is -3.78. The molecule has 0 unspecified atom stereocenters. The van der Waals surface area contributed by atoms with Crippen LogP contribution in [0.1, 0.15) is 79.3 Å². The van der Waals surface area contributed by atoms with E-state index in [1.54, 1.807) is 12.3 Å². The molecule has 1 saturated heterocycles. The molecule has 0 aliphatic carbocycles. The van der Waals surface area contributed by atoms with Crippen LogP contribution in [0.15, 0.2) is 65.6 Å². The number of pyridine rings is 1. The number of fused-ring (bicyclic) bond motifs is 4. The molecule has 1 fully saturated rings. The highest BCUT2D eigenvalue weighted by Gasteiger charge is 2.28. The Morgan fingerprint density at radius 2 is 1.77 bits per heavy atom. The molecule has 43 heavy (non-hydrogen) atoms. The van der Waals surface area contributed by atoms with E-state index in [1.165, 1.54) is 21.8 Å². The van der Waals surface area contributed by atoms with Crippen LogP contribution < -0.4 is 10.9 Å². The molecular weight excluding hydrogens is 545 g/mol. The van der Waals surface area contributed by atoms with Crippen LogP contribution in [0.4, 0.5) is 4.39 Å². The SMILES string of the molecule is Cc1cccc2c1-c1cccc(c1)[C@H](CC(=O)O)NC(=O)[C@@H](n1cc(CCN3CC(F)C3)ccc1=O)CCCCCCC2. The fourth-order valence-electron chi connectivity index (χ4n) is 6.45. The monoisotopic (exact) mass is 587 g/mol. The summed E-state index contributed by atoms with van der Waals surface area (Å²) in [6.45, 7) is 3.65. The highest BCUT2D eigenvalue weighted by Crippen LogP contribution is 2.32. The summed E-state index contributed by atoms with van der Waals surface area (Å²) in [6, 6.07) is 15.9. The fraction of sp³-hybridized carbons (Fsp3) is 0.457. The maximum atomic E-state index is 14.0. The highest BCUT2D eigenvalue weighted by molar-refractivity contribution is 5.82. The number of alkyl halides is 1. The van der Waals surface area contributed by atoms with Crippen LogP contribution in [0.5, 0.6) is 0 Å². The van der Waals surface area contributed by atoms with E-state index in [-0.39, 0.29) is 17.9 Å². The van der Waals surface area contributed by atoms with Crippen molar-refractivity contribution >= 4 is 11.9 Å². The van der Waals surface area contributed by atoms with Crippen molar-refractivity contribution in [3.63, 3.8) is 0 Å². The maximum absolute atomic E-state index is 14.0. The third-order valence-corrected chi connectivity index (χ3v) is 8.82. The second kappa shape index (κ2) is 14.1. The van der Waals surface area contributed by atoms with Crippen molar-refractivity contribution in [2.24, 2.45) is 0 Å². The van der Waals surface area contributed by atoms with E-state index in [1.807, 2.05) is 29.2 Å². The molecule has 2 aromatic carbocycles. The minimum absolute atomic E-state index is 0.269. The van der Waals surface area contributed by atoms with E-state index >= 15 is 0 Å². The standard InChI is InChI=1S/C35H42FN3O4/c1-24-9-7-11-26-10-5-3-2-4-6-14-31(39-21-25(15-16-32(39)40)17-18-38-22-29(36)23-38)35(43)37-30(20-33(41)42)27-12-8-13-28(19-27)34(24)26/h7-9,11-13,15-16,19,21,29-31H,2-6,10,14,17-18,20,22-23H2,1H3,(H,37,43)(H,41,42)/t30-,31-/m0/s1. The minimum Gasteiger partial charge on any atom is -0.481 e. The number of benzene rings is 2. The molecule has 5 rings (SSSR count). The molecule has 0 radical (unpaired) electrons. The van der Waals surface area contributed by atoms with E-state index in [0.29, 0.717) is 32.5 Å². The number of carboxylic acids is 1. The number of nitrogens with zero attached hydrogens (tertiary/aromatic N) is 2. The van der Waals surface area contributed by atoms with Crippen LogP contribution in [-0.2, 0) is 22.4 Å². The third kappa shape index (κ3) is 7.79. The number of hydrogen-bond donors (Lipinski definition) is 2.